The lowest BCUT2D eigenvalue weighted by Crippen LogP contribution is -2.17. The van der Waals surface area contributed by atoms with E-state index in [0.717, 1.165) is 29.8 Å². The van der Waals surface area contributed by atoms with E-state index in [1.54, 1.807) is 11.3 Å². The Kier molecular flexibility index (Phi) is 6.07. The Morgan fingerprint density at radius 2 is 2.05 bits per heavy atom. The normalized spacial score (nSPS) is 12.3. The summed E-state index contributed by atoms with van der Waals surface area (Å²) in [6, 6.07) is 10.8. The van der Waals surface area contributed by atoms with Gasteiger partial charge in [0.05, 0.1) is 6.61 Å². The number of thiophene rings is 1. The zero-order valence-corrected chi connectivity index (χ0v) is 14.3. The van der Waals surface area contributed by atoms with Gasteiger partial charge < -0.3 is 10.1 Å². The molecule has 20 heavy (non-hydrogen) atoms. The number of benzene rings is 1. The van der Waals surface area contributed by atoms with Crippen molar-refractivity contribution in [2.24, 2.45) is 0 Å². The van der Waals surface area contributed by atoms with Crippen molar-refractivity contribution in [3.05, 3.63) is 50.6 Å². The Morgan fingerprint density at radius 1 is 1.30 bits per heavy atom. The zero-order chi connectivity index (χ0) is 14.4. The van der Waals surface area contributed by atoms with E-state index in [2.05, 4.69) is 58.7 Å². The van der Waals surface area contributed by atoms with Gasteiger partial charge in [0.2, 0.25) is 0 Å². The van der Waals surface area contributed by atoms with E-state index < -0.39 is 0 Å². The minimum Gasteiger partial charge on any atom is -0.494 e. The van der Waals surface area contributed by atoms with Crippen molar-refractivity contribution in [3.63, 3.8) is 0 Å². The SMILES string of the molecule is CCCOc1ccc(C(C)NCc2cc(Br)cs2)cc1. The molecular formula is C16H20BrNOS. The first kappa shape index (κ1) is 15.5. The van der Waals surface area contributed by atoms with Crippen LogP contribution in [0.25, 0.3) is 0 Å². The quantitative estimate of drug-likeness (QED) is 0.742. The largest absolute Gasteiger partial charge is 0.494 e. The Balaban J connectivity index is 1.86. The maximum absolute atomic E-state index is 5.60. The van der Waals surface area contributed by atoms with Crippen LogP contribution in [0.5, 0.6) is 5.75 Å². The molecule has 1 atom stereocenters. The number of ether oxygens (including phenoxy) is 1. The molecule has 1 N–H and O–H groups in total. The van der Waals surface area contributed by atoms with Crippen LogP contribution in [0.1, 0.15) is 36.8 Å². The van der Waals surface area contributed by atoms with Crippen molar-refractivity contribution in [3.8, 4) is 5.75 Å². The third-order valence-electron chi connectivity index (χ3n) is 3.06. The van der Waals surface area contributed by atoms with Crippen molar-refractivity contribution in [2.45, 2.75) is 32.9 Å². The van der Waals surface area contributed by atoms with Gasteiger partial charge in [-0.15, -0.1) is 11.3 Å². The molecular weight excluding hydrogens is 334 g/mol. The summed E-state index contributed by atoms with van der Waals surface area (Å²) in [7, 11) is 0. The van der Waals surface area contributed by atoms with E-state index >= 15 is 0 Å². The summed E-state index contributed by atoms with van der Waals surface area (Å²) in [5, 5.41) is 5.65. The molecule has 2 aromatic rings. The highest BCUT2D eigenvalue weighted by atomic mass is 79.9. The molecule has 1 unspecified atom stereocenters. The lowest BCUT2D eigenvalue weighted by atomic mass is 10.1. The number of hydrogen-bond donors (Lipinski definition) is 1. The van der Waals surface area contributed by atoms with E-state index in [1.165, 1.54) is 10.4 Å². The van der Waals surface area contributed by atoms with Crippen molar-refractivity contribution < 1.29 is 4.74 Å². The second kappa shape index (κ2) is 7.81. The van der Waals surface area contributed by atoms with Crippen molar-refractivity contribution in [1.82, 2.24) is 5.32 Å². The molecule has 0 radical (unpaired) electrons. The lowest BCUT2D eigenvalue weighted by Gasteiger charge is -2.14. The number of nitrogens with one attached hydrogen (secondary N) is 1. The van der Waals surface area contributed by atoms with Gasteiger partial charge in [-0.1, -0.05) is 19.1 Å². The summed E-state index contributed by atoms with van der Waals surface area (Å²) in [6.45, 7) is 5.97. The Hall–Kier alpha value is -0.840. The molecule has 1 heterocycles. The van der Waals surface area contributed by atoms with Crippen LogP contribution in [0, 0.1) is 0 Å². The highest BCUT2D eigenvalue weighted by Crippen LogP contribution is 2.22. The molecule has 0 amide bonds. The summed E-state index contributed by atoms with van der Waals surface area (Å²) < 4.78 is 6.75. The summed E-state index contributed by atoms with van der Waals surface area (Å²) in [5.41, 5.74) is 1.28. The summed E-state index contributed by atoms with van der Waals surface area (Å²) >= 11 is 5.25. The van der Waals surface area contributed by atoms with Gasteiger partial charge in [-0.05, 0) is 53.0 Å². The maximum atomic E-state index is 5.60. The standard InChI is InChI=1S/C16H20BrNOS/c1-3-8-19-15-6-4-13(5-7-15)12(2)18-10-16-9-14(17)11-20-16/h4-7,9,11-12,18H,3,8,10H2,1-2H3. The Labute approximate surface area is 133 Å². The summed E-state index contributed by atoms with van der Waals surface area (Å²) in [6.07, 6.45) is 1.04. The lowest BCUT2D eigenvalue weighted by molar-refractivity contribution is 0.317. The van der Waals surface area contributed by atoms with Gasteiger partial charge in [-0.25, -0.2) is 0 Å². The number of halogens is 1. The minimum absolute atomic E-state index is 0.330. The van der Waals surface area contributed by atoms with Gasteiger partial charge in [0.1, 0.15) is 5.75 Å². The molecule has 0 aliphatic carbocycles. The molecule has 108 valence electrons. The fourth-order valence-electron chi connectivity index (χ4n) is 1.89. The molecule has 4 heteroatoms. The van der Waals surface area contributed by atoms with Crippen LogP contribution in [-0.4, -0.2) is 6.61 Å². The van der Waals surface area contributed by atoms with Gasteiger partial charge in [0.25, 0.3) is 0 Å². The van der Waals surface area contributed by atoms with Crippen LogP contribution in [-0.2, 0) is 6.54 Å². The Bertz CT molecular complexity index is 524. The van der Waals surface area contributed by atoms with E-state index in [4.69, 9.17) is 4.74 Å². The van der Waals surface area contributed by atoms with Gasteiger partial charge in [-0.2, -0.15) is 0 Å². The average molecular weight is 354 g/mol. The van der Waals surface area contributed by atoms with Crippen LogP contribution in [0.3, 0.4) is 0 Å². The van der Waals surface area contributed by atoms with E-state index in [-0.39, 0.29) is 0 Å². The van der Waals surface area contributed by atoms with Crippen molar-refractivity contribution in [2.75, 3.05) is 6.61 Å². The molecule has 2 rings (SSSR count). The zero-order valence-electron chi connectivity index (χ0n) is 11.9. The van der Waals surface area contributed by atoms with Crippen molar-refractivity contribution >= 4 is 27.3 Å². The van der Waals surface area contributed by atoms with Gasteiger partial charge >= 0.3 is 0 Å². The first-order valence-electron chi connectivity index (χ1n) is 6.88. The summed E-state index contributed by atoms with van der Waals surface area (Å²) in [4.78, 5) is 1.34. The van der Waals surface area contributed by atoms with Crippen molar-refractivity contribution in [1.29, 1.82) is 0 Å². The van der Waals surface area contributed by atoms with Crippen LogP contribution in [0.4, 0.5) is 0 Å². The highest BCUT2D eigenvalue weighted by molar-refractivity contribution is 9.10. The Morgan fingerprint density at radius 3 is 2.65 bits per heavy atom. The second-order valence-corrected chi connectivity index (χ2v) is 6.66. The molecule has 1 aromatic heterocycles. The van der Waals surface area contributed by atoms with Crippen LogP contribution >= 0.6 is 27.3 Å². The highest BCUT2D eigenvalue weighted by Gasteiger charge is 2.06. The van der Waals surface area contributed by atoms with E-state index in [1.807, 2.05) is 12.1 Å². The van der Waals surface area contributed by atoms with E-state index in [9.17, 15) is 0 Å². The predicted molar refractivity (Wildman–Crippen MR) is 89.5 cm³/mol. The van der Waals surface area contributed by atoms with Gasteiger partial charge in [0, 0.05) is 27.3 Å². The smallest absolute Gasteiger partial charge is 0.119 e. The third-order valence-corrected chi connectivity index (χ3v) is 4.75. The van der Waals surface area contributed by atoms with Crippen LogP contribution < -0.4 is 10.1 Å². The molecule has 0 aliphatic heterocycles. The maximum Gasteiger partial charge on any atom is 0.119 e. The third kappa shape index (κ3) is 4.62. The second-order valence-electron chi connectivity index (χ2n) is 4.75. The molecule has 1 aromatic carbocycles. The number of hydrogen-bond acceptors (Lipinski definition) is 3. The molecule has 2 nitrogen and oxygen atoms in total. The molecule has 0 aliphatic rings. The van der Waals surface area contributed by atoms with Crippen LogP contribution in [0.2, 0.25) is 0 Å². The average Bonchev–Trinajstić information content (AvgIpc) is 2.89. The first-order chi connectivity index (χ1) is 9.69. The molecule has 0 saturated heterocycles. The monoisotopic (exact) mass is 353 g/mol. The molecule has 0 spiro atoms. The fraction of sp³-hybridized carbons (Fsp3) is 0.375. The molecule has 0 fully saturated rings. The number of rotatable bonds is 7. The van der Waals surface area contributed by atoms with E-state index in [0.29, 0.717) is 6.04 Å². The molecule has 0 saturated carbocycles. The molecule has 0 bridgehead atoms. The van der Waals surface area contributed by atoms with Gasteiger partial charge in [0.15, 0.2) is 0 Å². The van der Waals surface area contributed by atoms with Gasteiger partial charge in [-0.3, -0.25) is 0 Å². The van der Waals surface area contributed by atoms with Crippen LogP contribution in [0.15, 0.2) is 40.2 Å². The first-order valence-corrected chi connectivity index (χ1v) is 8.55. The summed E-state index contributed by atoms with van der Waals surface area (Å²) in [5.74, 6) is 0.949. The fourth-order valence-corrected chi connectivity index (χ4v) is 3.29. The topological polar surface area (TPSA) is 21.3 Å². The minimum atomic E-state index is 0.330. The predicted octanol–water partition coefficient (Wildman–Crippen LogP) is 5.15.